The minimum atomic E-state index is -0.400. The van der Waals surface area contributed by atoms with Gasteiger partial charge in [0.15, 0.2) is 0 Å². The van der Waals surface area contributed by atoms with Gasteiger partial charge in [-0.15, -0.1) is 0 Å². The molecule has 0 heterocycles. The smallest absolute Gasteiger partial charge is 0.311 e. The molecule has 0 aromatic carbocycles. The van der Waals surface area contributed by atoms with Crippen molar-refractivity contribution in [3.8, 4) is 0 Å². The summed E-state index contributed by atoms with van der Waals surface area (Å²) < 4.78 is 5.19. The lowest BCUT2D eigenvalue weighted by atomic mass is 9.96. The number of rotatable bonds is 5. The van der Waals surface area contributed by atoms with E-state index in [9.17, 15) is 4.79 Å². The first-order chi connectivity index (χ1) is 8.81. The zero-order valence-electron chi connectivity index (χ0n) is 13.8. The summed E-state index contributed by atoms with van der Waals surface area (Å²) in [6, 6.07) is 0. The summed E-state index contributed by atoms with van der Waals surface area (Å²) in [7, 11) is 0. The Morgan fingerprint density at radius 2 is 1.35 bits per heavy atom. The van der Waals surface area contributed by atoms with Crippen molar-refractivity contribution >= 4 is 37.8 Å². The van der Waals surface area contributed by atoms with E-state index in [1.54, 1.807) is 0 Å². The van der Waals surface area contributed by atoms with Crippen LogP contribution in [0.25, 0.3) is 0 Å². The molecule has 0 fully saturated rings. The average Bonchev–Trinajstić information content (AvgIpc) is 2.35. The number of ether oxygens (including phenoxy) is 1. The van der Waals surface area contributed by atoms with E-state index in [0.717, 1.165) is 10.7 Å². The number of aliphatic hydroxyl groups excluding tert-OH is 1. The van der Waals surface area contributed by atoms with Gasteiger partial charge in [-0.2, -0.15) is 0 Å². The second-order valence-electron chi connectivity index (χ2n) is 7.58. The summed E-state index contributed by atoms with van der Waals surface area (Å²) in [6.45, 7) is 14.4. The van der Waals surface area contributed by atoms with E-state index in [2.05, 4.69) is 45.7 Å². The van der Waals surface area contributed by atoms with E-state index in [4.69, 9.17) is 9.84 Å². The Bertz CT molecular complexity index is 275. The van der Waals surface area contributed by atoms with Crippen molar-refractivity contribution in [2.75, 3.05) is 23.9 Å². The Kier molecular flexibility index (Phi) is 10.7. The van der Waals surface area contributed by atoms with Crippen molar-refractivity contribution in [1.29, 1.82) is 0 Å². The molecule has 0 radical (unpaired) electrons. The summed E-state index contributed by atoms with van der Waals surface area (Å²) in [5, 5.41) is 10.3. The zero-order valence-corrected chi connectivity index (χ0v) is 17.0. The van der Waals surface area contributed by atoms with Crippen molar-refractivity contribution < 1.29 is 14.6 Å². The van der Waals surface area contributed by atoms with E-state index in [0.29, 0.717) is 6.61 Å². The van der Waals surface area contributed by atoms with Crippen LogP contribution >= 0.6 is 31.9 Å². The summed E-state index contributed by atoms with van der Waals surface area (Å²) in [5.74, 6) is -0.137. The Balaban J connectivity index is 0. The van der Waals surface area contributed by atoms with E-state index in [1.165, 1.54) is 0 Å². The van der Waals surface area contributed by atoms with Crippen molar-refractivity contribution in [3.05, 3.63) is 0 Å². The Labute approximate surface area is 141 Å². The second kappa shape index (κ2) is 9.42. The number of alkyl halides is 2. The van der Waals surface area contributed by atoms with Gasteiger partial charge in [0.25, 0.3) is 0 Å². The van der Waals surface area contributed by atoms with E-state index >= 15 is 0 Å². The van der Waals surface area contributed by atoms with Gasteiger partial charge >= 0.3 is 5.97 Å². The number of carbonyl (C=O) groups excluding carboxylic acids is 1. The van der Waals surface area contributed by atoms with Gasteiger partial charge in [-0.3, -0.25) is 4.79 Å². The van der Waals surface area contributed by atoms with Crippen LogP contribution in [0.3, 0.4) is 0 Å². The average molecular weight is 418 g/mol. The third-order valence-electron chi connectivity index (χ3n) is 2.36. The highest BCUT2D eigenvalue weighted by molar-refractivity contribution is 9.09. The lowest BCUT2D eigenvalue weighted by Gasteiger charge is -2.24. The molecular formula is C15H30Br2O3. The molecule has 1 N–H and O–H groups in total. The molecule has 0 aromatic rings. The molecule has 0 saturated heterocycles. The van der Waals surface area contributed by atoms with Gasteiger partial charge in [0.2, 0.25) is 0 Å². The Morgan fingerprint density at radius 1 is 0.950 bits per heavy atom. The quantitative estimate of drug-likeness (QED) is 0.532. The highest BCUT2D eigenvalue weighted by atomic mass is 79.9. The number of halogens is 2. The van der Waals surface area contributed by atoms with Crippen LogP contribution in [0.1, 0.15) is 48.5 Å². The van der Waals surface area contributed by atoms with Crippen LogP contribution in [-0.2, 0) is 9.53 Å². The van der Waals surface area contributed by atoms with E-state index in [1.807, 2.05) is 34.6 Å². The SMILES string of the molecule is CC(C)(CBr)COC(=O)C(C)(C)C.CC(C)(CO)CBr. The van der Waals surface area contributed by atoms with Gasteiger partial charge in [0.1, 0.15) is 0 Å². The molecule has 0 saturated carbocycles. The zero-order chi connectivity index (χ0) is 16.6. The van der Waals surface area contributed by atoms with Crippen molar-refractivity contribution in [2.24, 2.45) is 16.2 Å². The number of hydrogen-bond acceptors (Lipinski definition) is 3. The van der Waals surface area contributed by atoms with Gasteiger partial charge in [0, 0.05) is 22.7 Å². The van der Waals surface area contributed by atoms with Crippen LogP contribution in [0.5, 0.6) is 0 Å². The number of carbonyl (C=O) groups is 1. The van der Waals surface area contributed by atoms with E-state index < -0.39 is 5.41 Å². The van der Waals surface area contributed by atoms with Crippen molar-refractivity contribution in [1.82, 2.24) is 0 Å². The first-order valence-electron chi connectivity index (χ1n) is 6.71. The molecule has 0 amide bonds. The van der Waals surface area contributed by atoms with Gasteiger partial charge in [-0.1, -0.05) is 59.6 Å². The highest BCUT2D eigenvalue weighted by Crippen LogP contribution is 2.21. The molecule has 5 heteroatoms. The van der Waals surface area contributed by atoms with Gasteiger partial charge in [-0.25, -0.2) is 0 Å². The molecule has 0 atom stereocenters. The summed E-state index contributed by atoms with van der Waals surface area (Å²) >= 11 is 6.65. The predicted molar refractivity (Wildman–Crippen MR) is 92.6 cm³/mol. The molecular weight excluding hydrogens is 388 g/mol. The van der Waals surface area contributed by atoms with Crippen LogP contribution in [0.4, 0.5) is 0 Å². The first-order valence-corrected chi connectivity index (χ1v) is 8.95. The molecule has 0 spiro atoms. The van der Waals surface area contributed by atoms with Crippen molar-refractivity contribution in [2.45, 2.75) is 48.5 Å². The van der Waals surface area contributed by atoms with Gasteiger partial charge in [-0.05, 0) is 26.2 Å². The molecule has 0 aromatic heterocycles. The lowest BCUT2D eigenvalue weighted by molar-refractivity contribution is -0.155. The molecule has 0 aliphatic carbocycles. The molecule has 0 unspecified atom stereocenters. The summed E-state index contributed by atoms with van der Waals surface area (Å²) in [5.41, 5.74) is -0.330. The van der Waals surface area contributed by atoms with Crippen molar-refractivity contribution in [3.63, 3.8) is 0 Å². The molecule has 0 rings (SSSR count). The normalized spacial score (nSPS) is 12.5. The summed E-state index contributed by atoms with van der Waals surface area (Å²) in [6.07, 6.45) is 0. The minimum Gasteiger partial charge on any atom is -0.465 e. The second-order valence-corrected chi connectivity index (χ2v) is 8.70. The maximum atomic E-state index is 11.4. The first kappa shape index (κ1) is 22.7. The topological polar surface area (TPSA) is 46.5 Å². The fourth-order valence-electron chi connectivity index (χ4n) is 0.558. The van der Waals surface area contributed by atoms with Gasteiger partial charge < -0.3 is 9.84 Å². The monoisotopic (exact) mass is 416 g/mol. The lowest BCUT2D eigenvalue weighted by Crippen LogP contribution is -2.29. The number of aliphatic hydroxyl groups is 1. The molecule has 0 aliphatic heterocycles. The number of hydrogen-bond donors (Lipinski definition) is 1. The fraction of sp³-hybridized carbons (Fsp3) is 0.933. The minimum absolute atomic E-state index is 0.0148. The molecule has 0 aliphatic rings. The maximum absolute atomic E-state index is 11.4. The number of esters is 1. The molecule has 3 nitrogen and oxygen atoms in total. The maximum Gasteiger partial charge on any atom is 0.311 e. The highest BCUT2D eigenvalue weighted by Gasteiger charge is 2.26. The molecule has 0 bridgehead atoms. The van der Waals surface area contributed by atoms with Crippen LogP contribution in [0.15, 0.2) is 0 Å². The van der Waals surface area contributed by atoms with Crippen LogP contribution < -0.4 is 0 Å². The third kappa shape index (κ3) is 12.2. The third-order valence-corrected chi connectivity index (χ3v) is 5.39. The predicted octanol–water partition coefficient (Wildman–Crippen LogP) is 4.40. The van der Waals surface area contributed by atoms with E-state index in [-0.39, 0.29) is 23.4 Å². The van der Waals surface area contributed by atoms with Crippen LogP contribution in [0.2, 0.25) is 0 Å². The van der Waals surface area contributed by atoms with Gasteiger partial charge in [0.05, 0.1) is 12.0 Å². The van der Waals surface area contributed by atoms with Crippen LogP contribution in [0, 0.1) is 16.2 Å². The molecule has 122 valence electrons. The summed E-state index contributed by atoms with van der Waals surface area (Å²) in [4.78, 5) is 11.4. The molecule has 20 heavy (non-hydrogen) atoms. The van der Waals surface area contributed by atoms with Crippen LogP contribution in [-0.4, -0.2) is 34.9 Å². The Hall–Kier alpha value is 0.390. The largest absolute Gasteiger partial charge is 0.465 e. The standard InChI is InChI=1S/C10H19BrO2.C5H11BrO/c1-9(2,3)8(12)13-7-10(4,5)6-11;1-5(2,3-6)4-7/h6-7H2,1-5H3;7H,3-4H2,1-2H3. The Morgan fingerprint density at radius 3 is 1.55 bits per heavy atom. The fourth-order valence-corrected chi connectivity index (χ4v) is 0.897.